The van der Waals surface area contributed by atoms with E-state index in [9.17, 15) is 15.0 Å². The number of rotatable bonds is 13. The van der Waals surface area contributed by atoms with Crippen LogP contribution in [-0.2, 0) is 11.2 Å². The highest BCUT2D eigenvalue weighted by Gasteiger charge is 2.19. The molecule has 0 heterocycles. The number of carbonyl (C=O) groups is 1. The number of phenolic OH excluding ortho intramolecular Hbond substituents is 2. The van der Waals surface area contributed by atoms with Crippen LogP contribution in [0.25, 0.3) is 0 Å². The largest absolute Gasteiger partial charge is 0.507 e. The summed E-state index contributed by atoms with van der Waals surface area (Å²) in [6, 6.07) is 0. The molecule has 0 saturated heterocycles. The molecule has 2 N–H and O–H groups in total. The molecule has 0 aliphatic carbocycles. The molecule has 0 saturated carbocycles. The van der Waals surface area contributed by atoms with Crippen LogP contribution in [-0.4, -0.2) is 29.7 Å². The lowest BCUT2D eigenvalue weighted by Gasteiger charge is -2.13. The van der Waals surface area contributed by atoms with Gasteiger partial charge in [-0.3, -0.25) is 4.79 Å². The average Bonchev–Trinajstić information content (AvgIpc) is 2.60. The van der Waals surface area contributed by atoms with Crippen molar-refractivity contribution >= 4 is 17.9 Å². The van der Waals surface area contributed by atoms with Gasteiger partial charge in [0.1, 0.15) is 11.5 Å². The van der Waals surface area contributed by atoms with Crippen molar-refractivity contribution in [3.05, 3.63) is 21.7 Å². The van der Waals surface area contributed by atoms with E-state index >= 15 is 0 Å². The van der Waals surface area contributed by atoms with Crippen LogP contribution in [0.5, 0.6) is 11.5 Å². The molecule has 0 atom stereocenters. The van der Waals surface area contributed by atoms with Crippen molar-refractivity contribution in [1.29, 1.82) is 0 Å². The fourth-order valence-electron chi connectivity index (χ4n) is 2.97. The molecule has 0 aromatic heterocycles. The van der Waals surface area contributed by atoms with Gasteiger partial charge < -0.3 is 14.9 Å². The molecule has 5 heteroatoms. The maximum absolute atomic E-state index is 11.1. The van der Waals surface area contributed by atoms with Crippen LogP contribution in [0.1, 0.15) is 80.3 Å². The smallest absolute Gasteiger partial charge is 0.154 e. The summed E-state index contributed by atoms with van der Waals surface area (Å²) < 4.78 is 5.57. The number of ether oxygens (including phenoxy) is 1. The Morgan fingerprint density at radius 2 is 1.58 bits per heavy atom. The van der Waals surface area contributed by atoms with Gasteiger partial charge in [-0.2, -0.15) is 0 Å². The minimum Gasteiger partial charge on any atom is -0.507 e. The Morgan fingerprint density at radius 1 is 1.00 bits per heavy atom. The number of phenols is 2. The first-order chi connectivity index (χ1) is 12.4. The van der Waals surface area contributed by atoms with Crippen LogP contribution < -0.4 is 0 Å². The van der Waals surface area contributed by atoms with Gasteiger partial charge in [-0.15, -0.1) is 0 Å². The van der Waals surface area contributed by atoms with E-state index in [-0.39, 0.29) is 22.1 Å². The lowest BCUT2D eigenvalue weighted by molar-refractivity contribution is 0.106. The molecule has 1 aromatic carbocycles. The highest BCUT2D eigenvalue weighted by Crippen LogP contribution is 2.40. The summed E-state index contributed by atoms with van der Waals surface area (Å²) in [4.78, 5) is 11.1. The summed E-state index contributed by atoms with van der Waals surface area (Å²) in [6.07, 6.45) is 8.77. The SMILES string of the molecule is Cc1c(Cl)c(O)c(CCCCCCCCCOCC(C)C)c(O)c1C=O. The topological polar surface area (TPSA) is 66.8 Å². The van der Waals surface area contributed by atoms with E-state index in [4.69, 9.17) is 16.3 Å². The zero-order valence-corrected chi connectivity index (χ0v) is 17.1. The van der Waals surface area contributed by atoms with Crippen molar-refractivity contribution in [2.24, 2.45) is 5.92 Å². The normalized spacial score (nSPS) is 11.3. The van der Waals surface area contributed by atoms with Crippen LogP contribution in [0.15, 0.2) is 0 Å². The minimum atomic E-state index is -0.138. The molecule has 0 amide bonds. The number of carbonyl (C=O) groups excluding carboxylic acids is 1. The highest BCUT2D eigenvalue weighted by atomic mass is 35.5. The molecule has 0 spiro atoms. The second-order valence-corrected chi connectivity index (χ2v) is 7.72. The van der Waals surface area contributed by atoms with Crippen LogP contribution in [0.3, 0.4) is 0 Å². The summed E-state index contributed by atoms with van der Waals surface area (Å²) in [5, 5.41) is 20.5. The van der Waals surface area contributed by atoms with Crippen LogP contribution in [0.4, 0.5) is 0 Å². The van der Waals surface area contributed by atoms with E-state index in [2.05, 4.69) is 13.8 Å². The first kappa shape index (κ1) is 22.8. The van der Waals surface area contributed by atoms with Gasteiger partial charge in [0.2, 0.25) is 0 Å². The molecule has 0 aliphatic rings. The molecular formula is C21H33ClO4. The molecule has 0 unspecified atom stereocenters. The van der Waals surface area contributed by atoms with Crippen LogP contribution in [0.2, 0.25) is 5.02 Å². The molecular weight excluding hydrogens is 352 g/mol. The third kappa shape index (κ3) is 7.16. The van der Waals surface area contributed by atoms with Crippen LogP contribution >= 0.6 is 11.6 Å². The van der Waals surface area contributed by atoms with Gasteiger partial charge >= 0.3 is 0 Å². The molecule has 26 heavy (non-hydrogen) atoms. The van der Waals surface area contributed by atoms with Gasteiger partial charge in [-0.25, -0.2) is 0 Å². The third-order valence-electron chi connectivity index (χ3n) is 4.55. The molecule has 0 bridgehead atoms. The van der Waals surface area contributed by atoms with E-state index in [0.29, 0.717) is 29.8 Å². The Labute approximate surface area is 162 Å². The van der Waals surface area contributed by atoms with Crippen molar-refractivity contribution in [3.8, 4) is 11.5 Å². The number of aromatic hydroxyl groups is 2. The first-order valence-electron chi connectivity index (χ1n) is 9.65. The number of aldehydes is 1. The molecule has 0 aliphatic heterocycles. The Balaban J connectivity index is 2.25. The lowest BCUT2D eigenvalue weighted by Crippen LogP contribution is -2.02. The zero-order chi connectivity index (χ0) is 19.5. The van der Waals surface area contributed by atoms with Gasteiger partial charge in [0.15, 0.2) is 6.29 Å². The fourth-order valence-corrected chi connectivity index (χ4v) is 3.19. The summed E-state index contributed by atoms with van der Waals surface area (Å²) in [7, 11) is 0. The number of halogens is 1. The first-order valence-corrected chi connectivity index (χ1v) is 10.0. The molecule has 1 aromatic rings. The zero-order valence-electron chi connectivity index (χ0n) is 16.3. The van der Waals surface area contributed by atoms with E-state index < -0.39 is 0 Å². The Kier molecular flexibility index (Phi) is 10.7. The molecule has 0 radical (unpaired) electrons. The second kappa shape index (κ2) is 12.2. The van der Waals surface area contributed by atoms with Crippen molar-refractivity contribution in [2.75, 3.05) is 13.2 Å². The lowest BCUT2D eigenvalue weighted by atomic mass is 9.98. The Bertz CT molecular complexity index is 570. The van der Waals surface area contributed by atoms with E-state index in [0.717, 1.165) is 38.9 Å². The minimum absolute atomic E-state index is 0.103. The van der Waals surface area contributed by atoms with E-state index in [1.165, 1.54) is 19.3 Å². The monoisotopic (exact) mass is 384 g/mol. The van der Waals surface area contributed by atoms with Gasteiger partial charge in [-0.05, 0) is 37.7 Å². The number of hydrogen-bond acceptors (Lipinski definition) is 4. The van der Waals surface area contributed by atoms with Crippen molar-refractivity contribution in [2.45, 2.75) is 72.1 Å². The molecule has 0 fully saturated rings. The second-order valence-electron chi connectivity index (χ2n) is 7.34. The number of benzene rings is 1. The predicted octanol–water partition coefficient (Wildman–Crippen LogP) is 5.82. The average molecular weight is 385 g/mol. The maximum Gasteiger partial charge on any atom is 0.154 e. The van der Waals surface area contributed by atoms with E-state index in [1.54, 1.807) is 6.92 Å². The van der Waals surface area contributed by atoms with Crippen LogP contribution in [0, 0.1) is 12.8 Å². The number of hydrogen-bond donors (Lipinski definition) is 2. The third-order valence-corrected chi connectivity index (χ3v) is 5.01. The van der Waals surface area contributed by atoms with Gasteiger partial charge in [0, 0.05) is 18.8 Å². The number of unbranched alkanes of at least 4 members (excludes halogenated alkanes) is 6. The highest BCUT2D eigenvalue weighted by molar-refractivity contribution is 6.33. The maximum atomic E-state index is 11.1. The predicted molar refractivity (Wildman–Crippen MR) is 107 cm³/mol. The molecule has 1 rings (SSSR count). The Morgan fingerprint density at radius 3 is 2.15 bits per heavy atom. The standard InChI is InChI=1S/C21H33ClO4/c1-15(2)14-26-12-10-8-6-4-5-7-9-11-17-20(24)18(13-23)16(3)19(22)21(17)25/h13,15,24-25H,4-12,14H2,1-3H3. The summed E-state index contributed by atoms with van der Waals surface area (Å²) in [6.45, 7) is 7.62. The quantitative estimate of drug-likeness (QED) is 0.332. The van der Waals surface area contributed by atoms with Crippen molar-refractivity contribution in [3.63, 3.8) is 0 Å². The molecule has 148 valence electrons. The summed E-state index contributed by atoms with van der Waals surface area (Å²) in [5.74, 6) is 0.356. The van der Waals surface area contributed by atoms with Gasteiger partial charge in [0.25, 0.3) is 0 Å². The van der Waals surface area contributed by atoms with Crippen molar-refractivity contribution < 1.29 is 19.7 Å². The van der Waals surface area contributed by atoms with E-state index in [1.807, 2.05) is 0 Å². The summed E-state index contributed by atoms with van der Waals surface area (Å²) >= 11 is 6.06. The van der Waals surface area contributed by atoms with Crippen molar-refractivity contribution in [1.82, 2.24) is 0 Å². The summed E-state index contributed by atoms with van der Waals surface area (Å²) in [5.41, 5.74) is 0.963. The fraction of sp³-hybridized carbons (Fsp3) is 0.667. The molecule has 4 nitrogen and oxygen atoms in total. The van der Waals surface area contributed by atoms with Gasteiger partial charge in [0.05, 0.1) is 10.6 Å². The van der Waals surface area contributed by atoms with Gasteiger partial charge in [-0.1, -0.05) is 57.6 Å². The Hall–Kier alpha value is -1.26.